The van der Waals surface area contributed by atoms with E-state index >= 15 is 0 Å². The molecule has 0 bridgehead atoms. The molecule has 2 amide bonds. The molecular weight excluding hydrogens is 523 g/mol. The summed E-state index contributed by atoms with van der Waals surface area (Å²) in [5, 5.41) is 10.6. The van der Waals surface area contributed by atoms with Gasteiger partial charge in [-0.2, -0.15) is 0 Å². The Morgan fingerprint density at radius 1 is 1.15 bits per heavy atom. The zero-order chi connectivity index (χ0) is 28.3. The van der Waals surface area contributed by atoms with Crippen molar-refractivity contribution in [1.29, 1.82) is 0 Å². The Balaban J connectivity index is 1.98. The van der Waals surface area contributed by atoms with Crippen molar-refractivity contribution in [3.05, 3.63) is 64.9 Å². The van der Waals surface area contributed by atoms with Gasteiger partial charge in [0.1, 0.15) is 17.4 Å². The van der Waals surface area contributed by atoms with E-state index in [1.54, 1.807) is 30.1 Å². The number of anilines is 3. The van der Waals surface area contributed by atoms with Crippen molar-refractivity contribution in [2.24, 2.45) is 4.99 Å². The number of benzene rings is 2. The van der Waals surface area contributed by atoms with Crippen LogP contribution in [0.5, 0.6) is 5.75 Å². The molecule has 3 aromatic rings. The maximum Gasteiger partial charge on any atom is 0.219 e. The van der Waals surface area contributed by atoms with Crippen LogP contribution in [0.15, 0.2) is 53.5 Å². The zero-order valence-corrected chi connectivity index (χ0v) is 22.9. The first-order valence-corrected chi connectivity index (χ1v) is 12.7. The molecule has 11 heteroatoms. The average Bonchev–Trinajstić information content (AvgIpc) is 2.92. The molecule has 204 valence electrons. The van der Waals surface area contributed by atoms with Crippen LogP contribution in [0.1, 0.15) is 12.5 Å². The fourth-order valence-corrected chi connectivity index (χ4v) is 5.06. The molecule has 4 rings (SSSR count). The number of hydrogen-bond donors (Lipinski definition) is 1. The van der Waals surface area contributed by atoms with Crippen LogP contribution in [0, 0.1) is 5.82 Å². The third kappa shape index (κ3) is 5.37. The summed E-state index contributed by atoms with van der Waals surface area (Å²) in [6.07, 6.45) is 1.45. The number of nitrogens with zero attached hydrogens (tertiary/aromatic N) is 6. The molecule has 1 aromatic heterocycles. The summed E-state index contributed by atoms with van der Waals surface area (Å²) in [6.45, 7) is 3.45. The summed E-state index contributed by atoms with van der Waals surface area (Å²) >= 11 is 6.69. The van der Waals surface area contributed by atoms with Crippen molar-refractivity contribution in [1.82, 2.24) is 14.8 Å². The average molecular weight is 553 g/mol. The highest BCUT2D eigenvalue weighted by atomic mass is 35.5. The van der Waals surface area contributed by atoms with Gasteiger partial charge in [-0.3, -0.25) is 19.5 Å². The van der Waals surface area contributed by atoms with E-state index in [1.807, 2.05) is 43.0 Å². The van der Waals surface area contributed by atoms with Crippen molar-refractivity contribution in [2.45, 2.75) is 13.0 Å². The largest absolute Gasteiger partial charge is 0.507 e. The SMILES string of the molecule is CN=C(c1cc(Cl)c(-c2c(O)cccc2F)nc1N(C=O)c1ccccc1N(C)C)N1CCN(C=O)CC1C. The number of hydrogen-bond acceptors (Lipinski definition) is 6. The Hall–Kier alpha value is -4.18. The topological polar surface area (TPSA) is 92.6 Å². The number of halogens is 2. The molecule has 0 saturated carbocycles. The molecule has 1 N–H and O–H groups in total. The zero-order valence-electron chi connectivity index (χ0n) is 22.2. The first kappa shape index (κ1) is 27.8. The quantitative estimate of drug-likeness (QED) is 0.269. The maximum absolute atomic E-state index is 14.9. The standard InChI is InChI=1S/C28H30ClFN6O3/c1-18-15-34(16-37)12-13-35(18)27(31-2)19-14-20(29)26(25-21(30)8-7-11-24(25)39)32-28(19)36(17-38)23-10-6-5-9-22(23)33(3)4/h5-11,14,16-18,39H,12-13,15H2,1-4H3. The van der Waals surface area contributed by atoms with E-state index < -0.39 is 5.82 Å². The van der Waals surface area contributed by atoms with Crippen LogP contribution < -0.4 is 9.80 Å². The number of rotatable bonds is 7. The number of aromatic nitrogens is 1. The van der Waals surface area contributed by atoms with Gasteiger partial charge in [0.15, 0.2) is 5.82 Å². The lowest BCUT2D eigenvalue weighted by atomic mass is 10.1. The molecule has 1 fully saturated rings. The molecule has 0 spiro atoms. The van der Waals surface area contributed by atoms with E-state index in [2.05, 4.69) is 4.99 Å². The number of amides is 2. The summed E-state index contributed by atoms with van der Waals surface area (Å²) in [4.78, 5) is 40.3. The first-order valence-electron chi connectivity index (χ1n) is 12.3. The summed E-state index contributed by atoms with van der Waals surface area (Å²) in [5.41, 5.74) is 1.52. The first-order chi connectivity index (χ1) is 18.7. The summed E-state index contributed by atoms with van der Waals surface area (Å²) < 4.78 is 14.9. The number of carbonyl (C=O) groups is 2. The van der Waals surface area contributed by atoms with Crippen LogP contribution in [0.4, 0.5) is 21.6 Å². The second kappa shape index (κ2) is 11.7. The Morgan fingerprint density at radius 3 is 2.46 bits per heavy atom. The highest BCUT2D eigenvalue weighted by Gasteiger charge is 2.31. The molecule has 0 aliphatic carbocycles. The molecule has 1 aliphatic rings. The lowest BCUT2D eigenvalue weighted by molar-refractivity contribution is -0.120. The molecule has 39 heavy (non-hydrogen) atoms. The summed E-state index contributed by atoms with van der Waals surface area (Å²) in [5.74, 6) is -0.377. The minimum absolute atomic E-state index is 0.0190. The predicted octanol–water partition coefficient (Wildman–Crippen LogP) is 4.15. The number of para-hydroxylation sites is 2. The lowest BCUT2D eigenvalue weighted by Gasteiger charge is -2.40. The smallest absolute Gasteiger partial charge is 0.219 e. The number of carbonyl (C=O) groups excluding carboxylic acids is 2. The molecule has 1 saturated heterocycles. The number of phenolic OH excluding ortho intramolecular Hbond substituents is 1. The van der Waals surface area contributed by atoms with Crippen LogP contribution in [0.3, 0.4) is 0 Å². The van der Waals surface area contributed by atoms with Crippen molar-refractivity contribution in [3.8, 4) is 17.0 Å². The number of aliphatic imine (C=N–C) groups is 1. The van der Waals surface area contributed by atoms with Gasteiger partial charge in [0.05, 0.1) is 33.2 Å². The third-order valence-corrected chi connectivity index (χ3v) is 6.96. The van der Waals surface area contributed by atoms with Crippen molar-refractivity contribution >= 4 is 47.4 Å². The van der Waals surface area contributed by atoms with E-state index in [0.29, 0.717) is 43.1 Å². The molecule has 2 aromatic carbocycles. The van der Waals surface area contributed by atoms with Gasteiger partial charge >= 0.3 is 0 Å². The van der Waals surface area contributed by atoms with Gasteiger partial charge in [-0.1, -0.05) is 29.8 Å². The number of phenols is 1. The molecule has 1 aliphatic heterocycles. The van der Waals surface area contributed by atoms with Crippen molar-refractivity contribution < 1.29 is 19.1 Å². The van der Waals surface area contributed by atoms with E-state index in [9.17, 15) is 19.1 Å². The minimum Gasteiger partial charge on any atom is -0.507 e. The fraction of sp³-hybridized carbons (Fsp3) is 0.286. The van der Waals surface area contributed by atoms with Gasteiger partial charge in [-0.15, -0.1) is 0 Å². The Kier molecular flexibility index (Phi) is 8.35. The molecule has 1 atom stereocenters. The van der Waals surface area contributed by atoms with E-state index in [1.165, 1.54) is 23.1 Å². The molecule has 2 heterocycles. The Morgan fingerprint density at radius 2 is 1.87 bits per heavy atom. The minimum atomic E-state index is -0.711. The summed E-state index contributed by atoms with van der Waals surface area (Å²) in [7, 11) is 5.34. The van der Waals surface area contributed by atoms with Crippen LogP contribution >= 0.6 is 11.6 Å². The Bertz CT molecular complexity index is 1400. The fourth-order valence-electron chi connectivity index (χ4n) is 4.82. The number of amidine groups is 1. The lowest BCUT2D eigenvalue weighted by Crippen LogP contribution is -2.53. The monoisotopic (exact) mass is 552 g/mol. The van der Waals surface area contributed by atoms with Gasteiger partial charge in [0, 0.05) is 46.8 Å². The summed E-state index contributed by atoms with van der Waals surface area (Å²) in [6, 6.07) is 12.7. The van der Waals surface area contributed by atoms with Gasteiger partial charge in [-0.05, 0) is 37.3 Å². The highest BCUT2D eigenvalue weighted by molar-refractivity contribution is 6.33. The number of aromatic hydroxyl groups is 1. The van der Waals surface area contributed by atoms with Gasteiger partial charge in [-0.25, -0.2) is 9.37 Å². The molecular formula is C28H30ClFN6O3. The second-order valence-corrected chi connectivity index (χ2v) is 9.78. The van der Waals surface area contributed by atoms with E-state index in [0.717, 1.165) is 12.1 Å². The van der Waals surface area contributed by atoms with Gasteiger partial charge < -0.3 is 19.8 Å². The molecule has 0 radical (unpaired) electrons. The normalized spacial score (nSPS) is 15.7. The van der Waals surface area contributed by atoms with E-state index in [-0.39, 0.29) is 33.9 Å². The molecule has 1 unspecified atom stereocenters. The second-order valence-electron chi connectivity index (χ2n) is 9.37. The maximum atomic E-state index is 14.9. The van der Waals surface area contributed by atoms with Crippen LogP contribution in [0.25, 0.3) is 11.3 Å². The van der Waals surface area contributed by atoms with Crippen LogP contribution in [-0.2, 0) is 9.59 Å². The van der Waals surface area contributed by atoms with E-state index in [4.69, 9.17) is 16.6 Å². The predicted molar refractivity (Wildman–Crippen MR) is 152 cm³/mol. The van der Waals surface area contributed by atoms with Crippen LogP contribution in [-0.4, -0.2) is 85.4 Å². The number of pyridine rings is 1. The van der Waals surface area contributed by atoms with Gasteiger partial charge in [0.2, 0.25) is 12.8 Å². The third-order valence-electron chi connectivity index (χ3n) is 6.67. The van der Waals surface area contributed by atoms with Crippen LogP contribution in [0.2, 0.25) is 5.02 Å². The highest BCUT2D eigenvalue weighted by Crippen LogP contribution is 2.41. The van der Waals surface area contributed by atoms with Gasteiger partial charge in [0.25, 0.3) is 0 Å². The van der Waals surface area contributed by atoms with Crippen molar-refractivity contribution in [3.63, 3.8) is 0 Å². The number of piperazine rings is 1. The Labute approximate surface area is 231 Å². The van der Waals surface area contributed by atoms with Crippen molar-refractivity contribution in [2.75, 3.05) is 50.6 Å². The molecule has 9 nitrogen and oxygen atoms in total.